The zero-order valence-corrected chi connectivity index (χ0v) is 15.3. The number of amides is 1. The van der Waals surface area contributed by atoms with E-state index in [1.165, 1.54) is 7.05 Å². The predicted octanol–water partition coefficient (Wildman–Crippen LogP) is 2.66. The Hall–Kier alpha value is -2.38. The first-order chi connectivity index (χ1) is 11.8. The minimum atomic E-state index is -3.55. The Morgan fingerprint density at radius 2 is 1.72 bits per heavy atom. The van der Waals surface area contributed by atoms with Gasteiger partial charge in [0.1, 0.15) is 11.8 Å². The number of sulfonamides is 1. The number of likely N-dealkylation sites (N-methyl/N-ethyl adjacent to an activating group) is 1. The molecule has 1 atom stereocenters. The van der Waals surface area contributed by atoms with Gasteiger partial charge in [0.05, 0.1) is 12.9 Å². The summed E-state index contributed by atoms with van der Waals surface area (Å²) >= 11 is 0. The molecule has 0 saturated heterocycles. The highest BCUT2D eigenvalue weighted by molar-refractivity contribution is 7.88. The van der Waals surface area contributed by atoms with Gasteiger partial charge in [0.15, 0.2) is 0 Å². The summed E-state index contributed by atoms with van der Waals surface area (Å²) in [5.41, 5.74) is 1.16. The van der Waals surface area contributed by atoms with Crippen LogP contribution < -0.4 is 10.1 Å². The molecule has 2 rings (SSSR count). The number of benzene rings is 2. The minimum Gasteiger partial charge on any atom is -0.494 e. The third-order valence-corrected chi connectivity index (χ3v) is 4.94. The van der Waals surface area contributed by atoms with Gasteiger partial charge >= 0.3 is 0 Å². The van der Waals surface area contributed by atoms with Crippen LogP contribution in [0.2, 0.25) is 0 Å². The Bertz CT molecular complexity index is 805. The number of hydrogen-bond donors (Lipinski definition) is 1. The van der Waals surface area contributed by atoms with Crippen LogP contribution in [0.15, 0.2) is 54.6 Å². The van der Waals surface area contributed by atoms with E-state index in [2.05, 4.69) is 5.32 Å². The van der Waals surface area contributed by atoms with E-state index in [9.17, 15) is 13.2 Å². The van der Waals surface area contributed by atoms with Crippen molar-refractivity contribution >= 4 is 21.6 Å². The lowest BCUT2D eigenvalue weighted by atomic mass is 10.1. The normalized spacial score (nSPS) is 12.6. The van der Waals surface area contributed by atoms with Gasteiger partial charge in [0.2, 0.25) is 15.9 Å². The van der Waals surface area contributed by atoms with Gasteiger partial charge in [-0.2, -0.15) is 4.31 Å². The summed E-state index contributed by atoms with van der Waals surface area (Å²) in [5, 5.41) is 2.76. The molecule has 0 spiro atoms. The molecule has 0 bridgehead atoms. The average molecular weight is 362 g/mol. The molecular formula is C18H22N2O4S. The van der Waals surface area contributed by atoms with E-state index in [4.69, 9.17) is 4.74 Å². The van der Waals surface area contributed by atoms with Crippen LogP contribution in [0.3, 0.4) is 0 Å². The van der Waals surface area contributed by atoms with E-state index in [-0.39, 0.29) is 0 Å². The molecule has 0 heterocycles. The molecule has 0 saturated carbocycles. The Morgan fingerprint density at radius 3 is 2.24 bits per heavy atom. The molecule has 2 aromatic carbocycles. The maximum absolute atomic E-state index is 12.8. The van der Waals surface area contributed by atoms with E-state index >= 15 is 0 Å². The monoisotopic (exact) mass is 362 g/mol. The topological polar surface area (TPSA) is 75.7 Å². The van der Waals surface area contributed by atoms with Crippen molar-refractivity contribution in [1.82, 2.24) is 4.31 Å². The van der Waals surface area contributed by atoms with Gasteiger partial charge in [-0.15, -0.1) is 0 Å². The molecule has 0 radical (unpaired) electrons. The van der Waals surface area contributed by atoms with Crippen LogP contribution in [-0.2, 0) is 14.8 Å². The Balaban J connectivity index is 2.26. The van der Waals surface area contributed by atoms with Gasteiger partial charge in [-0.05, 0) is 36.8 Å². The fourth-order valence-corrected chi connectivity index (χ4v) is 2.97. The summed E-state index contributed by atoms with van der Waals surface area (Å²) in [6, 6.07) is 14.8. The molecule has 0 aliphatic heterocycles. The van der Waals surface area contributed by atoms with E-state index < -0.39 is 22.0 Å². The van der Waals surface area contributed by atoms with E-state index in [0.29, 0.717) is 23.6 Å². The molecule has 6 nitrogen and oxygen atoms in total. The molecule has 0 aliphatic rings. The fourth-order valence-electron chi connectivity index (χ4n) is 2.37. The molecule has 0 fully saturated rings. The van der Waals surface area contributed by atoms with Gasteiger partial charge in [-0.25, -0.2) is 8.42 Å². The van der Waals surface area contributed by atoms with Crippen molar-refractivity contribution in [2.75, 3.05) is 25.2 Å². The van der Waals surface area contributed by atoms with Crippen LogP contribution in [0.25, 0.3) is 0 Å². The zero-order valence-electron chi connectivity index (χ0n) is 14.5. The molecule has 134 valence electrons. The van der Waals surface area contributed by atoms with Crippen molar-refractivity contribution in [2.45, 2.75) is 13.0 Å². The third kappa shape index (κ3) is 5.04. The highest BCUT2D eigenvalue weighted by Gasteiger charge is 2.30. The lowest BCUT2D eigenvalue weighted by Gasteiger charge is -2.25. The molecule has 1 N–H and O–H groups in total. The number of carbonyl (C=O) groups is 1. The summed E-state index contributed by atoms with van der Waals surface area (Å²) in [7, 11) is -2.16. The summed E-state index contributed by atoms with van der Waals surface area (Å²) in [6.45, 7) is 2.45. The van der Waals surface area contributed by atoms with Gasteiger partial charge < -0.3 is 10.1 Å². The summed E-state index contributed by atoms with van der Waals surface area (Å²) < 4.78 is 30.3. The zero-order chi connectivity index (χ0) is 18.4. The van der Waals surface area contributed by atoms with Gasteiger partial charge in [0, 0.05) is 12.7 Å². The first-order valence-corrected chi connectivity index (χ1v) is 9.69. The van der Waals surface area contributed by atoms with Crippen LogP contribution in [0, 0.1) is 0 Å². The molecular weight excluding hydrogens is 340 g/mol. The second-order valence-corrected chi connectivity index (χ2v) is 7.58. The number of hydrogen-bond acceptors (Lipinski definition) is 4. The standard InChI is InChI=1S/C18H22N2O4S/c1-4-24-16-12-10-15(11-13-16)19-18(21)17(20(2)25(3,22)23)14-8-6-5-7-9-14/h5-13,17H,4H2,1-3H3,(H,19,21)/t17-/m0/s1. The van der Waals surface area contributed by atoms with E-state index in [1.807, 2.05) is 13.0 Å². The second kappa shape index (κ2) is 8.13. The largest absolute Gasteiger partial charge is 0.494 e. The molecule has 0 unspecified atom stereocenters. The van der Waals surface area contributed by atoms with Crippen LogP contribution in [0.5, 0.6) is 5.75 Å². The maximum atomic E-state index is 12.8. The highest BCUT2D eigenvalue weighted by Crippen LogP contribution is 2.24. The van der Waals surface area contributed by atoms with Gasteiger partial charge in [-0.3, -0.25) is 4.79 Å². The number of rotatable bonds is 7. The van der Waals surface area contributed by atoms with Crippen molar-refractivity contribution in [1.29, 1.82) is 0 Å². The maximum Gasteiger partial charge on any atom is 0.247 e. The lowest BCUT2D eigenvalue weighted by Crippen LogP contribution is -2.38. The average Bonchev–Trinajstić information content (AvgIpc) is 2.57. The van der Waals surface area contributed by atoms with Crippen molar-refractivity contribution in [2.24, 2.45) is 0 Å². The van der Waals surface area contributed by atoms with Crippen LogP contribution in [-0.4, -0.2) is 38.5 Å². The van der Waals surface area contributed by atoms with Crippen molar-refractivity contribution in [3.05, 3.63) is 60.2 Å². The number of nitrogens with one attached hydrogen (secondary N) is 1. The summed E-state index contributed by atoms with van der Waals surface area (Å²) in [4.78, 5) is 12.8. The van der Waals surface area contributed by atoms with Crippen molar-refractivity contribution < 1.29 is 17.9 Å². The second-order valence-electron chi connectivity index (χ2n) is 5.54. The minimum absolute atomic E-state index is 0.428. The lowest BCUT2D eigenvalue weighted by molar-refractivity contribution is -0.119. The first kappa shape index (κ1) is 19.0. The molecule has 25 heavy (non-hydrogen) atoms. The fraction of sp³-hybridized carbons (Fsp3) is 0.278. The summed E-state index contributed by atoms with van der Waals surface area (Å²) in [6.07, 6.45) is 1.08. The van der Waals surface area contributed by atoms with Crippen LogP contribution in [0.1, 0.15) is 18.5 Å². The Labute approximate surface area is 148 Å². The molecule has 1 amide bonds. The SMILES string of the molecule is CCOc1ccc(NC(=O)[C@H](c2ccccc2)N(C)S(C)(=O)=O)cc1. The van der Waals surface area contributed by atoms with E-state index in [0.717, 1.165) is 10.6 Å². The third-order valence-electron chi connectivity index (χ3n) is 3.68. The van der Waals surface area contributed by atoms with Crippen LogP contribution in [0.4, 0.5) is 5.69 Å². The number of carbonyl (C=O) groups excluding carboxylic acids is 1. The highest BCUT2D eigenvalue weighted by atomic mass is 32.2. The molecule has 2 aromatic rings. The smallest absolute Gasteiger partial charge is 0.247 e. The number of nitrogens with zero attached hydrogens (tertiary/aromatic N) is 1. The Morgan fingerprint density at radius 1 is 1.12 bits per heavy atom. The van der Waals surface area contributed by atoms with Crippen molar-refractivity contribution in [3.63, 3.8) is 0 Å². The number of anilines is 1. The van der Waals surface area contributed by atoms with Gasteiger partial charge in [0.25, 0.3) is 0 Å². The number of ether oxygens (including phenoxy) is 1. The van der Waals surface area contributed by atoms with Crippen LogP contribution >= 0.6 is 0 Å². The van der Waals surface area contributed by atoms with Gasteiger partial charge in [-0.1, -0.05) is 30.3 Å². The summed E-state index contributed by atoms with van der Waals surface area (Å²) in [5.74, 6) is 0.275. The predicted molar refractivity (Wildman–Crippen MR) is 98.0 cm³/mol. The van der Waals surface area contributed by atoms with Crippen molar-refractivity contribution in [3.8, 4) is 5.75 Å². The molecule has 7 heteroatoms. The molecule has 0 aliphatic carbocycles. The molecule has 0 aromatic heterocycles. The van der Waals surface area contributed by atoms with E-state index in [1.54, 1.807) is 48.5 Å². The quantitative estimate of drug-likeness (QED) is 0.822. The first-order valence-electron chi connectivity index (χ1n) is 7.84. The Kier molecular flexibility index (Phi) is 6.17.